The van der Waals surface area contributed by atoms with Crippen molar-refractivity contribution < 1.29 is 23.9 Å². The topological polar surface area (TPSA) is 93.7 Å². The summed E-state index contributed by atoms with van der Waals surface area (Å²) in [7, 11) is 1.39. The van der Waals surface area contributed by atoms with Gasteiger partial charge in [-0.05, 0) is 25.0 Å². The first-order valence-corrected chi connectivity index (χ1v) is 6.95. The van der Waals surface area contributed by atoms with Gasteiger partial charge in [-0.1, -0.05) is 18.2 Å². The summed E-state index contributed by atoms with van der Waals surface area (Å²) in [5, 5.41) is 4.30. The number of imide groups is 1. The molecule has 1 aliphatic heterocycles. The molecule has 118 valence electrons. The molecule has 2 unspecified atom stereocenters. The van der Waals surface area contributed by atoms with Crippen molar-refractivity contribution in [1.82, 2.24) is 10.6 Å². The van der Waals surface area contributed by atoms with Gasteiger partial charge in [-0.15, -0.1) is 0 Å². The number of carbonyl (C=O) groups is 3. The highest BCUT2D eigenvalue weighted by atomic mass is 16.6. The maximum absolute atomic E-state index is 12.1. The number of para-hydroxylation sites is 1. The second-order valence-corrected chi connectivity index (χ2v) is 4.97. The van der Waals surface area contributed by atoms with Crippen molar-refractivity contribution in [3.05, 3.63) is 29.8 Å². The first-order valence-electron chi connectivity index (χ1n) is 6.95. The van der Waals surface area contributed by atoms with Crippen molar-refractivity contribution in [2.45, 2.75) is 19.4 Å². The van der Waals surface area contributed by atoms with Gasteiger partial charge >= 0.3 is 12.0 Å². The van der Waals surface area contributed by atoms with Gasteiger partial charge in [0.25, 0.3) is 5.91 Å². The van der Waals surface area contributed by atoms with Gasteiger partial charge < -0.3 is 14.8 Å². The van der Waals surface area contributed by atoms with Gasteiger partial charge in [0.15, 0.2) is 6.10 Å². The lowest BCUT2D eigenvalue weighted by Gasteiger charge is -2.24. The third-order valence-corrected chi connectivity index (χ3v) is 3.34. The van der Waals surface area contributed by atoms with Crippen molar-refractivity contribution in [1.29, 1.82) is 0 Å². The van der Waals surface area contributed by atoms with E-state index in [2.05, 4.69) is 10.6 Å². The minimum absolute atomic E-state index is 0.208. The number of esters is 1. The zero-order valence-corrected chi connectivity index (χ0v) is 12.4. The van der Waals surface area contributed by atoms with Crippen LogP contribution < -0.4 is 15.4 Å². The molecule has 2 atom stereocenters. The molecule has 0 aliphatic carbocycles. The summed E-state index contributed by atoms with van der Waals surface area (Å²) in [6, 6.07) is 6.81. The van der Waals surface area contributed by atoms with Crippen LogP contribution in [-0.4, -0.2) is 37.7 Å². The number of carbonyl (C=O) groups excluding carboxylic acids is 3. The fourth-order valence-corrected chi connectivity index (χ4v) is 2.08. The highest BCUT2D eigenvalue weighted by Gasteiger charge is 2.29. The van der Waals surface area contributed by atoms with Crippen molar-refractivity contribution in [2.24, 2.45) is 5.92 Å². The predicted molar refractivity (Wildman–Crippen MR) is 77.3 cm³/mol. The highest BCUT2D eigenvalue weighted by molar-refractivity contribution is 5.97. The summed E-state index contributed by atoms with van der Waals surface area (Å²) in [4.78, 5) is 34.8. The smallest absolute Gasteiger partial charge is 0.321 e. The number of fused-ring (bicyclic) bond motifs is 1. The van der Waals surface area contributed by atoms with E-state index in [-0.39, 0.29) is 6.61 Å². The summed E-state index contributed by atoms with van der Waals surface area (Å²) in [6.45, 7) is 1.62. The number of hydrogen-bond acceptors (Lipinski definition) is 5. The fourth-order valence-electron chi connectivity index (χ4n) is 2.08. The largest absolute Gasteiger partial charge is 0.492 e. The maximum Gasteiger partial charge on any atom is 0.321 e. The molecule has 1 aromatic rings. The molecule has 2 N–H and O–H groups in total. The van der Waals surface area contributed by atoms with Crippen LogP contribution >= 0.6 is 0 Å². The van der Waals surface area contributed by atoms with Crippen LogP contribution in [0.1, 0.15) is 12.5 Å². The number of nitrogens with one attached hydrogen (secondary N) is 2. The van der Waals surface area contributed by atoms with Crippen LogP contribution in [0.15, 0.2) is 24.3 Å². The normalized spacial score (nSPS) is 17.5. The zero-order chi connectivity index (χ0) is 16.1. The number of ether oxygens (including phenoxy) is 2. The average Bonchev–Trinajstić information content (AvgIpc) is 2.53. The fraction of sp³-hybridized carbons (Fsp3) is 0.400. The van der Waals surface area contributed by atoms with Gasteiger partial charge in [0, 0.05) is 7.05 Å². The second-order valence-electron chi connectivity index (χ2n) is 4.97. The van der Waals surface area contributed by atoms with Gasteiger partial charge in [-0.2, -0.15) is 0 Å². The van der Waals surface area contributed by atoms with Crippen molar-refractivity contribution in [2.75, 3.05) is 13.7 Å². The number of benzene rings is 1. The summed E-state index contributed by atoms with van der Waals surface area (Å²) in [6.07, 6.45) is -0.555. The Morgan fingerprint density at radius 2 is 2.05 bits per heavy atom. The molecule has 22 heavy (non-hydrogen) atoms. The first kappa shape index (κ1) is 15.8. The van der Waals surface area contributed by atoms with E-state index in [0.29, 0.717) is 6.42 Å². The summed E-state index contributed by atoms with van der Waals surface area (Å²) >= 11 is 0. The molecule has 0 saturated carbocycles. The molecule has 2 rings (SSSR count). The minimum Gasteiger partial charge on any atom is -0.492 e. The molecule has 1 aromatic carbocycles. The Hall–Kier alpha value is -2.57. The standard InChI is InChI=1S/C15H18N2O5/c1-9(13(18)17-15(20)16-2)22-14(19)11-7-10-5-3-4-6-12(10)21-8-11/h3-6,9,11H,7-8H2,1-2H3,(H2,16,17,18,20). The molecule has 0 saturated heterocycles. The highest BCUT2D eigenvalue weighted by Crippen LogP contribution is 2.27. The Kier molecular flexibility index (Phi) is 4.98. The monoisotopic (exact) mass is 306 g/mol. The quantitative estimate of drug-likeness (QED) is 0.799. The van der Waals surface area contributed by atoms with Crippen LogP contribution in [0, 0.1) is 5.92 Å². The number of urea groups is 1. The summed E-state index contributed by atoms with van der Waals surface area (Å²) < 4.78 is 10.6. The van der Waals surface area contributed by atoms with Crippen molar-refractivity contribution >= 4 is 17.9 Å². The Morgan fingerprint density at radius 1 is 1.32 bits per heavy atom. The molecular formula is C15H18N2O5. The van der Waals surface area contributed by atoms with Crippen LogP contribution in [-0.2, 0) is 20.7 Å². The van der Waals surface area contributed by atoms with Gasteiger partial charge in [0.2, 0.25) is 0 Å². The molecule has 1 heterocycles. The number of rotatable bonds is 3. The second kappa shape index (κ2) is 6.93. The van der Waals surface area contributed by atoms with Crippen LogP contribution in [0.25, 0.3) is 0 Å². The van der Waals surface area contributed by atoms with E-state index < -0.39 is 29.9 Å². The molecule has 0 fully saturated rings. The molecule has 0 spiro atoms. The minimum atomic E-state index is -1.05. The third kappa shape index (κ3) is 3.75. The lowest BCUT2D eigenvalue weighted by atomic mass is 9.97. The third-order valence-electron chi connectivity index (χ3n) is 3.34. The Labute approximate surface area is 128 Å². The van der Waals surface area contributed by atoms with Crippen LogP contribution in [0.4, 0.5) is 4.79 Å². The molecule has 1 aliphatic rings. The van der Waals surface area contributed by atoms with E-state index >= 15 is 0 Å². The molecule has 7 nitrogen and oxygen atoms in total. The summed E-state index contributed by atoms with van der Waals surface area (Å²) in [5.74, 6) is -0.902. The van der Waals surface area contributed by atoms with Crippen LogP contribution in [0.5, 0.6) is 5.75 Å². The van der Waals surface area contributed by atoms with E-state index in [1.54, 1.807) is 0 Å². The van der Waals surface area contributed by atoms with Gasteiger partial charge in [-0.25, -0.2) is 4.79 Å². The van der Waals surface area contributed by atoms with E-state index in [1.807, 2.05) is 24.3 Å². The van der Waals surface area contributed by atoms with Gasteiger partial charge in [-0.3, -0.25) is 14.9 Å². The maximum atomic E-state index is 12.1. The van der Waals surface area contributed by atoms with E-state index in [1.165, 1.54) is 14.0 Å². The van der Waals surface area contributed by atoms with Crippen molar-refractivity contribution in [3.63, 3.8) is 0 Å². The summed E-state index contributed by atoms with van der Waals surface area (Å²) in [5.41, 5.74) is 0.929. The van der Waals surface area contributed by atoms with Crippen molar-refractivity contribution in [3.8, 4) is 5.75 Å². The average molecular weight is 306 g/mol. The number of hydrogen-bond donors (Lipinski definition) is 2. The SMILES string of the molecule is CNC(=O)NC(=O)C(C)OC(=O)C1COc2ccccc2C1. The molecule has 3 amide bonds. The lowest BCUT2D eigenvalue weighted by Crippen LogP contribution is -2.44. The number of amides is 3. The molecular weight excluding hydrogens is 288 g/mol. The zero-order valence-electron chi connectivity index (χ0n) is 12.4. The van der Waals surface area contributed by atoms with Crippen LogP contribution in [0.3, 0.4) is 0 Å². The van der Waals surface area contributed by atoms with E-state index in [9.17, 15) is 14.4 Å². The Balaban J connectivity index is 1.90. The van der Waals surface area contributed by atoms with Gasteiger partial charge in [0.05, 0.1) is 5.92 Å². The molecule has 7 heteroatoms. The van der Waals surface area contributed by atoms with E-state index in [0.717, 1.165) is 11.3 Å². The molecule has 0 aromatic heterocycles. The predicted octanol–water partition coefficient (Wildman–Crippen LogP) is 0.625. The van der Waals surface area contributed by atoms with Crippen LogP contribution in [0.2, 0.25) is 0 Å². The first-order chi connectivity index (χ1) is 10.5. The lowest BCUT2D eigenvalue weighted by molar-refractivity contribution is -0.159. The Bertz CT molecular complexity index is 587. The molecule has 0 radical (unpaired) electrons. The Morgan fingerprint density at radius 3 is 2.77 bits per heavy atom. The van der Waals surface area contributed by atoms with Gasteiger partial charge in [0.1, 0.15) is 12.4 Å². The van der Waals surface area contributed by atoms with E-state index in [4.69, 9.17) is 9.47 Å². The molecule has 0 bridgehead atoms.